The van der Waals surface area contributed by atoms with E-state index in [-0.39, 0.29) is 0 Å². The lowest BCUT2D eigenvalue weighted by Crippen LogP contribution is -2.31. The molecule has 1 fully saturated rings. The smallest absolute Gasteiger partial charge is 0.235 e. The molecule has 4 heterocycles. The van der Waals surface area contributed by atoms with Gasteiger partial charge in [0.25, 0.3) is 0 Å². The summed E-state index contributed by atoms with van der Waals surface area (Å²) in [6.45, 7) is 5.36. The molecule has 190 valence electrons. The van der Waals surface area contributed by atoms with Crippen molar-refractivity contribution in [3.05, 3.63) is 67.3 Å². The lowest BCUT2D eigenvalue weighted by molar-refractivity contribution is 0.378. The van der Waals surface area contributed by atoms with Gasteiger partial charge in [-0.05, 0) is 74.7 Å². The van der Waals surface area contributed by atoms with Gasteiger partial charge in [0.1, 0.15) is 5.65 Å². The minimum absolute atomic E-state index is 0.408. The second kappa shape index (κ2) is 9.32. The SMILES string of the molecule is CC(C)S(=O)(=O)Nc1cccc(-c2cnc3[nH]cc(-c4ccc5ncn(C6CCCNC6)c5c4)c3c2)c1. The fraction of sp³-hybridized carbons (Fsp3) is 0.286. The summed E-state index contributed by atoms with van der Waals surface area (Å²) in [6, 6.07) is 16.3. The lowest BCUT2D eigenvalue weighted by Gasteiger charge is -2.24. The van der Waals surface area contributed by atoms with E-state index in [4.69, 9.17) is 0 Å². The Balaban J connectivity index is 1.38. The van der Waals surface area contributed by atoms with Gasteiger partial charge in [-0.1, -0.05) is 18.2 Å². The molecule has 0 spiro atoms. The maximum atomic E-state index is 12.4. The summed E-state index contributed by atoms with van der Waals surface area (Å²) < 4.78 is 29.7. The molecule has 2 aromatic carbocycles. The van der Waals surface area contributed by atoms with Crippen molar-refractivity contribution in [2.45, 2.75) is 38.0 Å². The average molecular weight is 515 g/mol. The first-order valence-corrected chi connectivity index (χ1v) is 14.2. The molecule has 1 saturated heterocycles. The van der Waals surface area contributed by atoms with Crippen molar-refractivity contribution in [2.24, 2.45) is 0 Å². The van der Waals surface area contributed by atoms with Gasteiger partial charge in [-0.15, -0.1) is 0 Å². The summed E-state index contributed by atoms with van der Waals surface area (Å²) in [4.78, 5) is 12.6. The predicted molar refractivity (Wildman–Crippen MR) is 149 cm³/mol. The van der Waals surface area contributed by atoms with Gasteiger partial charge in [-0.3, -0.25) is 4.72 Å². The van der Waals surface area contributed by atoms with Gasteiger partial charge in [-0.25, -0.2) is 18.4 Å². The second-order valence-corrected chi connectivity index (χ2v) is 12.2. The number of sulfonamides is 1. The van der Waals surface area contributed by atoms with Gasteiger partial charge in [0.2, 0.25) is 10.0 Å². The zero-order valence-corrected chi connectivity index (χ0v) is 21.7. The monoisotopic (exact) mass is 514 g/mol. The number of hydrogen-bond acceptors (Lipinski definition) is 5. The first kappa shape index (κ1) is 23.7. The summed E-state index contributed by atoms with van der Waals surface area (Å²) in [5, 5.41) is 3.99. The number of nitrogens with one attached hydrogen (secondary N) is 3. The first-order valence-electron chi connectivity index (χ1n) is 12.7. The van der Waals surface area contributed by atoms with Crippen molar-refractivity contribution in [1.82, 2.24) is 24.8 Å². The summed E-state index contributed by atoms with van der Waals surface area (Å²) >= 11 is 0. The summed E-state index contributed by atoms with van der Waals surface area (Å²) in [5.41, 5.74) is 7.45. The minimum atomic E-state index is -3.43. The van der Waals surface area contributed by atoms with E-state index < -0.39 is 15.3 Å². The van der Waals surface area contributed by atoms with E-state index in [0.29, 0.717) is 11.7 Å². The van der Waals surface area contributed by atoms with Crippen LogP contribution in [0, 0.1) is 0 Å². The molecule has 0 amide bonds. The number of fused-ring (bicyclic) bond motifs is 2. The highest BCUT2D eigenvalue weighted by molar-refractivity contribution is 7.93. The molecular weight excluding hydrogens is 484 g/mol. The Labute approximate surface area is 216 Å². The third-order valence-electron chi connectivity index (χ3n) is 7.16. The van der Waals surface area contributed by atoms with E-state index in [9.17, 15) is 8.42 Å². The molecule has 0 radical (unpaired) electrons. The number of imidazole rings is 1. The van der Waals surface area contributed by atoms with Crippen LogP contribution in [-0.4, -0.2) is 46.3 Å². The highest BCUT2D eigenvalue weighted by atomic mass is 32.2. The number of rotatable bonds is 6. The van der Waals surface area contributed by atoms with Crippen molar-refractivity contribution < 1.29 is 8.42 Å². The molecule has 5 aromatic rings. The maximum Gasteiger partial charge on any atom is 0.235 e. The molecule has 8 nitrogen and oxygen atoms in total. The predicted octanol–water partition coefficient (Wildman–Crippen LogP) is 5.32. The third-order valence-corrected chi connectivity index (χ3v) is 8.92. The Bertz CT molecular complexity index is 1700. The molecule has 1 aliphatic heterocycles. The van der Waals surface area contributed by atoms with Crippen LogP contribution in [-0.2, 0) is 10.0 Å². The Morgan fingerprint density at radius 1 is 1.05 bits per heavy atom. The molecule has 1 aliphatic rings. The van der Waals surface area contributed by atoms with Gasteiger partial charge < -0.3 is 14.9 Å². The number of piperidine rings is 1. The fourth-order valence-corrected chi connectivity index (χ4v) is 5.69. The zero-order valence-electron chi connectivity index (χ0n) is 20.9. The number of pyridine rings is 1. The molecule has 0 bridgehead atoms. The fourth-order valence-electron chi connectivity index (χ4n) is 5.00. The minimum Gasteiger partial charge on any atom is -0.346 e. The Kier molecular flexibility index (Phi) is 5.97. The van der Waals surface area contributed by atoms with Gasteiger partial charge >= 0.3 is 0 Å². The van der Waals surface area contributed by atoms with Gasteiger partial charge in [0.15, 0.2) is 0 Å². The van der Waals surface area contributed by atoms with Gasteiger partial charge in [0.05, 0.1) is 22.6 Å². The van der Waals surface area contributed by atoms with Crippen LogP contribution in [0.3, 0.4) is 0 Å². The third kappa shape index (κ3) is 4.49. The standard InChI is InChI=1S/C28H30N6O2S/c1-18(2)37(35,36)33-22-6-3-5-19(11-22)21-12-24-25(16-31-28(24)30-14-21)20-8-9-26-27(13-20)34(17-32-26)23-7-4-10-29-15-23/h3,5-6,8-9,11-14,16-18,23,29,33H,4,7,10,15H2,1-2H3,(H,30,31). The highest BCUT2D eigenvalue weighted by Crippen LogP contribution is 2.34. The molecule has 1 atom stereocenters. The van der Waals surface area contributed by atoms with Crippen LogP contribution in [0.15, 0.2) is 67.3 Å². The molecule has 0 saturated carbocycles. The number of H-pyrrole nitrogens is 1. The van der Waals surface area contributed by atoms with Crippen LogP contribution in [0.4, 0.5) is 5.69 Å². The van der Waals surface area contributed by atoms with E-state index in [1.54, 1.807) is 19.9 Å². The van der Waals surface area contributed by atoms with E-state index >= 15 is 0 Å². The van der Waals surface area contributed by atoms with Crippen LogP contribution < -0.4 is 10.0 Å². The molecule has 1 unspecified atom stereocenters. The molecular formula is C28H30N6O2S. The Morgan fingerprint density at radius 3 is 2.76 bits per heavy atom. The lowest BCUT2D eigenvalue weighted by atomic mass is 10.0. The maximum absolute atomic E-state index is 12.4. The Morgan fingerprint density at radius 2 is 1.95 bits per heavy atom. The molecule has 3 N–H and O–H groups in total. The number of benzene rings is 2. The van der Waals surface area contributed by atoms with Gasteiger partial charge in [-0.2, -0.15) is 0 Å². The average Bonchev–Trinajstić information content (AvgIpc) is 3.52. The van der Waals surface area contributed by atoms with Crippen molar-refractivity contribution in [1.29, 1.82) is 0 Å². The van der Waals surface area contributed by atoms with E-state index in [1.807, 2.05) is 36.9 Å². The molecule has 0 aliphatic carbocycles. The summed E-state index contributed by atoms with van der Waals surface area (Å²) in [6.07, 6.45) is 8.09. The highest BCUT2D eigenvalue weighted by Gasteiger charge is 2.19. The second-order valence-electron chi connectivity index (χ2n) is 9.95. The van der Waals surface area contributed by atoms with Crippen LogP contribution in [0.5, 0.6) is 0 Å². The van der Waals surface area contributed by atoms with Crippen LogP contribution in [0.25, 0.3) is 44.3 Å². The first-order chi connectivity index (χ1) is 17.9. The van der Waals surface area contributed by atoms with E-state index in [1.165, 1.54) is 6.42 Å². The van der Waals surface area contributed by atoms with Crippen molar-refractivity contribution in [3.8, 4) is 22.3 Å². The normalized spacial score (nSPS) is 16.6. The van der Waals surface area contributed by atoms with Gasteiger partial charge in [0, 0.05) is 47.2 Å². The van der Waals surface area contributed by atoms with Crippen LogP contribution in [0.2, 0.25) is 0 Å². The number of hydrogen-bond donors (Lipinski definition) is 3. The molecule has 3 aromatic heterocycles. The van der Waals surface area contributed by atoms with E-state index in [0.717, 1.165) is 63.8 Å². The summed E-state index contributed by atoms with van der Waals surface area (Å²) in [7, 11) is -3.43. The number of anilines is 1. The van der Waals surface area contributed by atoms with Crippen molar-refractivity contribution in [2.75, 3.05) is 17.8 Å². The largest absolute Gasteiger partial charge is 0.346 e. The zero-order chi connectivity index (χ0) is 25.6. The molecule has 9 heteroatoms. The molecule has 37 heavy (non-hydrogen) atoms. The van der Waals surface area contributed by atoms with Crippen LogP contribution >= 0.6 is 0 Å². The number of aromatic amines is 1. The number of aromatic nitrogens is 4. The molecule has 6 rings (SSSR count). The number of nitrogens with zero attached hydrogens (tertiary/aromatic N) is 3. The summed E-state index contributed by atoms with van der Waals surface area (Å²) in [5.74, 6) is 0. The quantitative estimate of drug-likeness (QED) is 0.284. The van der Waals surface area contributed by atoms with Crippen molar-refractivity contribution in [3.63, 3.8) is 0 Å². The van der Waals surface area contributed by atoms with Crippen molar-refractivity contribution >= 4 is 37.8 Å². The van der Waals surface area contributed by atoms with E-state index in [2.05, 4.69) is 53.8 Å². The Hall–Kier alpha value is -3.69. The topological polar surface area (TPSA) is 105 Å². The van der Waals surface area contributed by atoms with Crippen LogP contribution in [0.1, 0.15) is 32.7 Å².